The van der Waals surface area contributed by atoms with Gasteiger partial charge >= 0.3 is 5.97 Å². The fourth-order valence-electron chi connectivity index (χ4n) is 1.52. The molecular formula is C16H16O3S. The van der Waals surface area contributed by atoms with Crippen LogP contribution in [0.5, 0.6) is 0 Å². The average molecular weight is 288 g/mol. The molecule has 1 heterocycles. The molecule has 0 saturated carbocycles. The zero-order chi connectivity index (χ0) is 14.2. The Morgan fingerprint density at radius 3 is 2.80 bits per heavy atom. The normalized spacial score (nSPS) is 10.8. The molecule has 0 unspecified atom stereocenters. The van der Waals surface area contributed by atoms with E-state index >= 15 is 0 Å². The molecular weight excluding hydrogens is 272 g/mol. The van der Waals surface area contributed by atoms with Gasteiger partial charge in [-0.3, -0.25) is 0 Å². The minimum absolute atomic E-state index is 0.356. The number of hydrogen-bond acceptors (Lipinski definition) is 4. The number of rotatable bonds is 6. The number of furan rings is 1. The van der Waals surface area contributed by atoms with Crippen LogP contribution in [-0.2, 0) is 9.53 Å². The van der Waals surface area contributed by atoms with Gasteiger partial charge in [0, 0.05) is 16.7 Å². The van der Waals surface area contributed by atoms with Crippen LogP contribution in [0.15, 0.2) is 58.1 Å². The molecule has 0 saturated heterocycles. The van der Waals surface area contributed by atoms with Crippen molar-refractivity contribution in [2.24, 2.45) is 0 Å². The second kappa shape index (κ2) is 7.60. The van der Waals surface area contributed by atoms with Gasteiger partial charge in [-0.15, -0.1) is 11.8 Å². The van der Waals surface area contributed by atoms with Crippen LogP contribution in [0.2, 0.25) is 0 Å². The fourth-order valence-corrected chi connectivity index (χ4v) is 2.25. The standard InChI is InChI=1S/C16H16O3S/c1-13-4-7-15(8-5-13)20-12-11-19-16(17)9-6-14-3-2-10-18-14/h2-10H,11-12H2,1H3. The van der Waals surface area contributed by atoms with E-state index < -0.39 is 0 Å². The molecule has 0 fully saturated rings. The van der Waals surface area contributed by atoms with Crippen LogP contribution in [-0.4, -0.2) is 18.3 Å². The maximum absolute atomic E-state index is 11.4. The molecule has 0 bridgehead atoms. The largest absolute Gasteiger partial charge is 0.465 e. The molecule has 0 aliphatic rings. The molecule has 20 heavy (non-hydrogen) atoms. The highest BCUT2D eigenvalue weighted by molar-refractivity contribution is 7.99. The SMILES string of the molecule is Cc1ccc(SCCOC(=O)C=Cc2ccco2)cc1. The molecule has 0 N–H and O–H groups in total. The summed E-state index contributed by atoms with van der Waals surface area (Å²) in [5.41, 5.74) is 1.24. The molecule has 2 rings (SSSR count). The topological polar surface area (TPSA) is 39.4 Å². The molecule has 4 heteroatoms. The van der Waals surface area contributed by atoms with Gasteiger partial charge in [0.25, 0.3) is 0 Å². The molecule has 0 radical (unpaired) electrons. The summed E-state index contributed by atoms with van der Waals surface area (Å²) < 4.78 is 10.2. The molecule has 104 valence electrons. The van der Waals surface area contributed by atoms with Crippen molar-refractivity contribution < 1.29 is 13.9 Å². The third-order valence-corrected chi connectivity index (χ3v) is 3.52. The molecule has 0 aliphatic heterocycles. The molecule has 0 amide bonds. The van der Waals surface area contributed by atoms with Crippen molar-refractivity contribution in [2.75, 3.05) is 12.4 Å². The maximum Gasteiger partial charge on any atom is 0.330 e. The fraction of sp³-hybridized carbons (Fsp3) is 0.188. The van der Waals surface area contributed by atoms with Gasteiger partial charge in [0.15, 0.2) is 0 Å². The highest BCUT2D eigenvalue weighted by Crippen LogP contribution is 2.17. The van der Waals surface area contributed by atoms with Crippen LogP contribution in [0.4, 0.5) is 0 Å². The molecule has 0 aliphatic carbocycles. The summed E-state index contributed by atoms with van der Waals surface area (Å²) in [7, 11) is 0. The van der Waals surface area contributed by atoms with E-state index in [1.165, 1.54) is 16.5 Å². The average Bonchev–Trinajstić information content (AvgIpc) is 2.96. The Morgan fingerprint density at radius 2 is 2.10 bits per heavy atom. The van der Waals surface area contributed by atoms with Gasteiger partial charge in [0.1, 0.15) is 12.4 Å². The van der Waals surface area contributed by atoms with E-state index in [0.717, 1.165) is 5.75 Å². The highest BCUT2D eigenvalue weighted by Gasteiger charge is 1.99. The Morgan fingerprint density at radius 1 is 1.30 bits per heavy atom. The first-order chi connectivity index (χ1) is 9.74. The molecule has 1 aromatic heterocycles. The van der Waals surface area contributed by atoms with Crippen LogP contribution in [0.3, 0.4) is 0 Å². The first-order valence-electron chi connectivity index (χ1n) is 6.32. The summed E-state index contributed by atoms with van der Waals surface area (Å²) in [5, 5.41) is 0. The highest BCUT2D eigenvalue weighted by atomic mass is 32.2. The minimum atomic E-state index is -0.356. The number of hydrogen-bond donors (Lipinski definition) is 0. The number of carbonyl (C=O) groups excluding carboxylic acids is 1. The molecule has 0 atom stereocenters. The van der Waals surface area contributed by atoms with E-state index in [1.807, 2.05) is 0 Å². The quantitative estimate of drug-likeness (QED) is 0.349. The van der Waals surface area contributed by atoms with E-state index in [2.05, 4.69) is 31.2 Å². The van der Waals surface area contributed by atoms with E-state index in [9.17, 15) is 4.79 Å². The van der Waals surface area contributed by atoms with Crippen LogP contribution >= 0.6 is 11.8 Å². The van der Waals surface area contributed by atoms with Gasteiger partial charge in [-0.1, -0.05) is 17.7 Å². The third-order valence-electron chi connectivity index (χ3n) is 2.54. The molecule has 0 spiro atoms. The lowest BCUT2D eigenvalue weighted by Crippen LogP contribution is -2.03. The van der Waals surface area contributed by atoms with Crippen molar-refractivity contribution in [3.63, 3.8) is 0 Å². The lowest BCUT2D eigenvalue weighted by atomic mass is 10.2. The predicted octanol–water partition coefficient (Wildman–Crippen LogP) is 3.94. The van der Waals surface area contributed by atoms with Gasteiger partial charge in [-0.25, -0.2) is 4.79 Å². The van der Waals surface area contributed by atoms with Crippen LogP contribution < -0.4 is 0 Å². The van der Waals surface area contributed by atoms with E-state index in [-0.39, 0.29) is 5.97 Å². The lowest BCUT2D eigenvalue weighted by molar-refractivity contribution is -0.137. The molecule has 1 aromatic carbocycles. The van der Waals surface area contributed by atoms with E-state index in [1.54, 1.807) is 36.2 Å². The number of aryl methyl sites for hydroxylation is 1. The first kappa shape index (κ1) is 14.5. The summed E-state index contributed by atoms with van der Waals surface area (Å²) in [6.07, 6.45) is 4.52. The zero-order valence-electron chi connectivity index (χ0n) is 11.2. The van der Waals surface area contributed by atoms with Crippen LogP contribution in [0, 0.1) is 6.92 Å². The van der Waals surface area contributed by atoms with Crippen molar-refractivity contribution in [3.05, 3.63) is 60.1 Å². The Hall–Kier alpha value is -1.94. The van der Waals surface area contributed by atoms with Crippen molar-refractivity contribution in [3.8, 4) is 0 Å². The second-order valence-electron chi connectivity index (χ2n) is 4.18. The summed E-state index contributed by atoms with van der Waals surface area (Å²) in [4.78, 5) is 12.6. The summed E-state index contributed by atoms with van der Waals surface area (Å²) in [6, 6.07) is 11.8. The number of thioether (sulfide) groups is 1. The zero-order valence-corrected chi connectivity index (χ0v) is 12.1. The summed E-state index contributed by atoms with van der Waals surface area (Å²) in [5.74, 6) is 1.02. The molecule has 2 aromatic rings. The summed E-state index contributed by atoms with van der Waals surface area (Å²) in [6.45, 7) is 2.45. The van der Waals surface area contributed by atoms with Gasteiger partial charge in [-0.05, 0) is 37.3 Å². The van der Waals surface area contributed by atoms with Gasteiger partial charge in [0.05, 0.1) is 6.26 Å². The monoisotopic (exact) mass is 288 g/mol. The van der Waals surface area contributed by atoms with Gasteiger partial charge in [-0.2, -0.15) is 0 Å². The smallest absolute Gasteiger partial charge is 0.330 e. The Balaban J connectivity index is 1.65. The Labute approximate surface area is 122 Å². The number of esters is 1. The number of benzene rings is 1. The first-order valence-corrected chi connectivity index (χ1v) is 7.30. The summed E-state index contributed by atoms with van der Waals surface area (Å²) >= 11 is 1.67. The third kappa shape index (κ3) is 4.97. The van der Waals surface area contributed by atoms with E-state index in [4.69, 9.17) is 9.15 Å². The lowest BCUT2D eigenvalue weighted by Gasteiger charge is -2.03. The van der Waals surface area contributed by atoms with Gasteiger partial charge < -0.3 is 9.15 Å². The van der Waals surface area contributed by atoms with E-state index in [0.29, 0.717) is 12.4 Å². The van der Waals surface area contributed by atoms with Crippen LogP contribution in [0.25, 0.3) is 6.08 Å². The Kier molecular flexibility index (Phi) is 5.50. The maximum atomic E-state index is 11.4. The minimum Gasteiger partial charge on any atom is -0.465 e. The van der Waals surface area contributed by atoms with Crippen molar-refractivity contribution >= 4 is 23.8 Å². The molecule has 3 nitrogen and oxygen atoms in total. The van der Waals surface area contributed by atoms with Gasteiger partial charge in [0.2, 0.25) is 0 Å². The number of carbonyl (C=O) groups is 1. The van der Waals surface area contributed by atoms with Crippen molar-refractivity contribution in [1.82, 2.24) is 0 Å². The van der Waals surface area contributed by atoms with Crippen molar-refractivity contribution in [1.29, 1.82) is 0 Å². The van der Waals surface area contributed by atoms with Crippen molar-refractivity contribution in [2.45, 2.75) is 11.8 Å². The predicted molar refractivity (Wildman–Crippen MR) is 80.6 cm³/mol. The van der Waals surface area contributed by atoms with Crippen LogP contribution in [0.1, 0.15) is 11.3 Å². The number of ether oxygens (including phenoxy) is 1. The second-order valence-corrected chi connectivity index (χ2v) is 5.35. The Bertz CT molecular complexity index is 556.